The highest BCUT2D eigenvalue weighted by molar-refractivity contribution is 7.88. The smallest absolute Gasteiger partial charge is 0.215 e. The van der Waals surface area contributed by atoms with Gasteiger partial charge in [-0.2, -0.15) is 0 Å². The van der Waals surface area contributed by atoms with E-state index in [1.165, 1.54) is 24.3 Å². The van der Waals surface area contributed by atoms with E-state index in [4.69, 9.17) is 4.74 Å². The lowest BCUT2D eigenvalue weighted by Gasteiger charge is -2.35. The van der Waals surface area contributed by atoms with Crippen molar-refractivity contribution in [1.29, 1.82) is 0 Å². The van der Waals surface area contributed by atoms with Gasteiger partial charge in [-0.3, -0.25) is 4.90 Å². The summed E-state index contributed by atoms with van der Waals surface area (Å²) in [6.07, 6.45) is 1.19. The Balaban J connectivity index is 1.71. The minimum absolute atomic E-state index is 0.126. The third-order valence-electron chi connectivity index (χ3n) is 3.74. The van der Waals surface area contributed by atoms with Crippen LogP contribution in [-0.2, 0) is 20.5 Å². The van der Waals surface area contributed by atoms with E-state index < -0.39 is 10.0 Å². The van der Waals surface area contributed by atoms with Crippen LogP contribution in [0.2, 0.25) is 0 Å². The van der Waals surface area contributed by atoms with Gasteiger partial charge in [0.15, 0.2) is 0 Å². The van der Waals surface area contributed by atoms with Gasteiger partial charge in [0.05, 0.1) is 18.0 Å². The summed E-state index contributed by atoms with van der Waals surface area (Å²) in [6.45, 7) is 7.11. The van der Waals surface area contributed by atoms with Gasteiger partial charge in [-0.15, -0.1) is 0 Å². The van der Waals surface area contributed by atoms with Gasteiger partial charge in [0.25, 0.3) is 0 Å². The molecule has 1 heterocycles. The number of halogens is 1. The predicted molar refractivity (Wildman–Crippen MR) is 88.1 cm³/mol. The molecule has 1 N–H and O–H groups in total. The molecule has 2 atom stereocenters. The Kier molecular flexibility index (Phi) is 6.52. The maximum Gasteiger partial charge on any atom is 0.215 e. The zero-order valence-electron chi connectivity index (χ0n) is 13.7. The van der Waals surface area contributed by atoms with Crippen molar-refractivity contribution in [3.8, 4) is 0 Å². The number of morpholine rings is 1. The Morgan fingerprint density at radius 2 is 1.83 bits per heavy atom. The monoisotopic (exact) mass is 344 g/mol. The van der Waals surface area contributed by atoms with Crippen LogP contribution in [0.15, 0.2) is 24.3 Å². The van der Waals surface area contributed by atoms with Crippen molar-refractivity contribution >= 4 is 10.0 Å². The van der Waals surface area contributed by atoms with Gasteiger partial charge in [0, 0.05) is 19.6 Å². The van der Waals surface area contributed by atoms with Crippen LogP contribution in [-0.4, -0.2) is 51.7 Å². The van der Waals surface area contributed by atoms with Gasteiger partial charge in [-0.05, 0) is 44.5 Å². The average molecular weight is 344 g/mol. The lowest BCUT2D eigenvalue weighted by atomic mass is 10.2. The summed E-state index contributed by atoms with van der Waals surface area (Å²) >= 11 is 0. The maximum atomic E-state index is 12.8. The first-order chi connectivity index (χ1) is 10.8. The molecule has 5 nitrogen and oxygen atoms in total. The third kappa shape index (κ3) is 6.55. The van der Waals surface area contributed by atoms with Crippen molar-refractivity contribution in [2.75, 3.05) is 26.2 Å². The van der Waals surface area contributed by atoms with Gasteiger partial charge in [0.2, 0.25) is 10.0 Å². The van der Waals surface area contributed by atoms with Crippen LogP contribution >= 0.6 is 0 Å². The summed E-state index contributed by atoms with van der Waals surface area (Å²) in [7, 11) is -3.39. The van der Waals surface area contributed by atoms with E-state index in [9.17, 15) is 12.8 Å². The first kappa shape index (κ1) is 18.3. The van der Waals surface area contributed by atoms with Gasteiger partial charge < -0.3 is 4.74 Å². The molecular weight excluding hydrogens is 319 g/mol. The molecule has 0 saturated carbocycles. The molecule has 0 aliphatic carbocycles. The topological polar surface area (TPSA) is 58.6 Å². The zero-order valence-corrected chi connectivity index (χ0v) is 14.5. The number of nitrogens with zero attached hydrogens (tertiary/aromatic N) is 1. The highest BCUT2D eigenvalue weighted by atomic mass is 32.2. The molecule has 1 aromatic carbocycles. The maximum absolute atomic E-state index is 12.8. The van der Waals surface area contributed by atoms with E-state index in [1.54, 1.807) is 0 Å². The summed E-state index contributed by atoms with van der Waals surface area (Å²) < 4.78 is 45.1. The van der Waals surface area contributed by atoms with Gasteiger partial charge in [-0.25, -0.2) is 17.5 Å². The van der Waals surface area contributed by atoms with Crippen molar-refractivity contribution < 1.29 is 17.5 Å². The molecule has 1 aliphatic heterocycles. The van der Waals surface area contributed by atoms with E-state index in [0.717, 1.165) is 26.1 Å². The fourth-order valence-corrected chi connectivity index (χ4v) is 4.04. The number of ether oxygens (including phenoxy) is 1. The number of rotatable bonds is 7. The van der Waals surface area contributed by atoms with E-state index in [-0.39, 0.29) is 23.8 Å². The van der Waals surface area contributed by atoms with Crippen LogP contribution in [0.1, 0.15) is 25.8 Å². The normalized spacial score (nSPS) is 23.1. The highest BCUT2D eigenvalue weighted by Gasteiger charge is 2.21. The number of hydrogen-bond donors (Lipinski definition) is 1. The second-order valence-electron chi connectivity index (χ2n) is 6.15. The Morgan fingerprint density at radius 3 is 2.43 bits per heavy atom. The van der Waals surface area contributed by atoms with Crippen LogP contribution < -0.4 is 4.72 Å². The fourth-order valence-electron chi connectivity index (χ4n) is 2.85. The Labute approximate surface area is 137 Å². The van der Waals surface area contributed by atoms with Crippen LogP contribution in [0, 0.1) is 5.82 Å². The van der Waals surface area contributed by atoms with Crippen molar-refractivity contribution in [1.82, 2.24) is 9.62 Å². The molecule has 0 amide bonds. The lowest BCUT2D eigenvalue weighted by Crippen LogP contribution is -2.46. The predicted octanol–water partition coefficient (Wildman–Crippen LogP) is 1.74. The molecule has 1 fully saturated rings. The number of hydrogen-bond acceptors (Lipinski definition) is 4. The van der Waals surface area contributed by atoms with Gasteiger partial charge in [-0.1, -0.05) is 12.1 Å². The van der Waals surface area contributed by atoms with Crippen LogP contribution in [0.4, 0.5) is 4.39 Å². The molecule has 7 heteroatoms. The Bertz CT molecular complexity index is 582. The Hall–Kier alpha value is -1.02. The molecule has 0 bridgehead atoms. The first-order valence-electron chi connectivity index (χ1n) is 7.93. The molecule has 1 saturated heterocycles. The molecule has 2 rings (SSSR count). The van der Waals surface area contributed by atoms with Crippen molar-refractivity contribution in [3.63, 3.8) is 0 Å². The number of nitrogens with one attached hydrogen (secondary N) is 1. The van der Waals surface area contributed by atoms with Gasteiger partial charge >= 0.3 is 0 Å². The van der Waals surface area contributed by atoms with E-state index in [1.807, 2.05) is 13.8 Å². The van der Waals surface area contributed by atoms with Crippen LogP contribution in [0.5, 0.6) is 0 Å². The first-order valence-corrected chi connectivity index (χ1v) is 9.59. The van der Waals surface area contributed by atoms with Gasteiger partial charge in [0.1, 0.15) is 5.82 Å². The minimum atomic E-state index is -3.39. The second kappa shape index (κ2) is 8.19. The molecule has 2 unspecified atom stereocenters. The lowest BCUT2D eigenvalue weighted by molar-refractivity contribution is -0.0679. The fraction of sp³-hybridized carbons (Fsp3) is 0.625. The summed E-state index contributed by atoms with van der Waals surface area (Å²) in [5, 5.41) is 0. The number of sulfonamides is 1. The second-order valence-corrected chi connectivity index (χ2v) is 7.96. The van der Waals surface area contributed by atoms with E-state index in [2.05, 4.69) is 9.62 Å². The molecular formula is C16H25FN2O3S. The molecule has 1 aliphatic rings. The van der Waals surface area contributed by atoms with Crippen molar-refractivity contribution in [2.24, 2.45) is 0 Å². The average Bonchev–Trinajstić information content (AvgIpc) is 2.45. The SMILES string of the molecule is CC1CN(CCCNS(=O)(=O)Cc2ccc(F)cc2)CC(C)O1. The largest absolute Gasteiger partial charge is 0.373 e. The highest BCUT2D eigenvalue weighted by Crippen LogP contribution is 2.11. The molecule has 130 valence electrons. The summed E-state index contributed by atoms with van der Waals surface area (Å²) in [5.41, 5.74) is 0.578. The summed E-state index contributed by atoms with van der Waals surface area (Å²) in [6, 6.07) is 5.52. The standard InChI is InChI=1S/C16H25FN2O3S/c1-13-10-19(11-14(2)22-13)9-3-8-18-23(20,21)12-15-4-6-16(17)7-5-15/h4-7,13-14,18H,3,8-12H2,1-2H3. The molecule has 23 heavy (non-hydrogen) atoms. The molecule has 0 radical (unpaired) electrons. The van der Waals surface area contributed by atoms with E-state index in [0.29, 0.717) is 12.1 Å². The summed E-state index contributed by atoms with van der Waals surface area (Å²) in [4.78, 5) is 2.30. The molecule has 0 aromatic heterocycles. The molecule has 0 spiro atoms. The van der Waals surface area contributed by atoms with E-state index >= 15 is 0 Å². The Morgan fingerprint density at radius 1 is 1.22 bits per heavy atom. The van der Waals surface area contributed by atoms with Crippen molar-refractivity contribution in [2.45, 2.75) is 38.2 Å². The minimum Gasteiger partial charge on any atom is -0.373 e. The van der Waals surface area contributed by atoms with Crippen LogP contribution in [0.3, 0.4) is 0 Å². The molecule has 1 aromatic rings. The summed E-state index contributed by atoms with van der Waals surface area (Å²) in [5.74, 6) is -0.494. The van der Waals surface area contributed by atoms with Crippen LogP contribution in [0.25, 0.3) is 0 Å². The zero-order chi connectivity index (χ0) is 16.9. The van der Waals surface area contributed by atoms with Crippen molar-refractivity contribution in [3.05, 3.63) is 35.6 Å². The quantitative estimate of drug-likeness (QED) is 0.766. The third-order valence-corrected chi connectivity index (χ3v) is 5.10. The number of benzene rings is 1.